The molecule has 5 nitrogen and oxygen atoms in total. The third-order valence-corrected chi connectivity index (χ3v) is 5.13. The van der Waals surface area contributed by atoms with E-state index in [9.17, 15) is 4.79 Å². The van der Waals surface area contributed by atoms with Crippen LogP contribution in [0.1, 0.15) is 12.5 Å². The first-order valence-corrected chi connectivity index (χ1v) is 9.00. The normalized spacial score (nSPS) is 12.1. The number of amides is 1. The summed E-state index contributed by atoms with van der Waals surface area (Å²) in [6.45, 7) is 2.33. The van der Waals surface area contributed by atoms with Crippen LogP contribution < -0.4 is 5.73 Å². The molecule has 0 radical (unpaired) electrons. The van der Waals surface area contributed by atoms with Crippen molar-refractivity contribution in [3.63, 3.8) is 0 Å². The molecule has 1 atom stereocenters. The van der Waals surface area contributed by atoms with Crippen LogP contribution in [0.3, 0.4) is 0 Å². The summed E-state index contributed by atoms with van der Waals surface area (Å²) in [5.41, 5.74) is 7.29. The molecular formula is C18H17ClN4OS. The monoisotopic (exact) mass is 372 g/mol. The van der Waals surface area contributed by atoms with Crippen molar-refractivity contribution in [2.45, 2.75) is 23.9 Å². The zero-order chi connectivity index (χ0) is 17.8. The summed E-state index contributed by atoms with van der Waals surface area (Å²) in [5, 5.41) is 9.40. The van der Waals surface area contributed by atoms with Crippen LogP contribution in [-0.2, 0) is 11.3 Å². The smallest absolute Gasteiger partial charge is 0.230 e. The molecule has 0 bridgehead atoms. The van der Waals surface area contributed by atoms with Gasteiger partial charge in [0.2, 0.25) is 5.91 Å². The van der Waals surface area contributed by atoms with Crippen LogP contribution in [-0.4, -0.2) is 25.9 Å². The van der Waals surface area contributed by atoms with Gasteiger partial charge in [-0.05, 0) is 24.6 Å². The molecule has 3 rings (SSSR count). The van der Waals surface area contributed by atoms with Gasteiger partial charge in [0.05, 0.1) is 16.8 Å². The fourth-order valence-electron chi connectivity index (χ4n) is 2.34. The SMILES string of the molecule is CC(Sc1nnc(-c2ccccc2Cl)n1Cc1ccccc1)C(N)=O. The van der Waals surface area contributed by atoms with Gasteiger partial charge in [0.1, 0.15) is 0 Å². The maximum absolute atomic E-state index is 11.4. The Hall–Kier alpha value is -2.31. The van der Waals surface area contributed by atoms with Gasteiger partial charge in [0.15, 0.2) is 11.0 Å². The molecule has 25 heavy (non-hydrogen) atoms. The van der Waals surface area contributed by atoms with Gasteiger partial charge in [0, 0.05) is 5.56 Å². The van der Waals surface area contributed by atoms with Crippen molar-refractivity contribution < 1.29 is 4.79 Å². The standard InChI is InChI=1S/C18H17ClN4OS/c1-12(16(20)24)25-18-22-21-17(14-9-5-6-10-15(14)19)23(18)11-13-7-3-2-4-8-13/h2-10,12H,11H2,1H3,(H2,20,24). The minimum Gasteiger partial charge on any atom is -0.369 e. The summed E-state index contributed by atoms with van der Waals surface area (Å²) in [7, 11) is 0. The highest BCUT2D eigenvalue weighted by Gasteiger charge is 2.20. The Bertz CT molecular complexity index is 882. The summed E-state index contributed by atoms with van der Waals surface area (Å²) >= 11 is 7.63. The maximum atomic E-state index is 11.4. The van der Waals surface area contributed by atoms with E-state index in [1.807, 2.05) is 59.2 Å². The van der Waals surface area contributed by atoms with Crippen LogP contribution in [0, 0.1) is 0 Å². The third kappa shape index (κ3) is 4.03. The second-order valence-electron chi connectivity index (χ2n) is 5.52. The molecule has 1 aromatic heterocycles. The number of nitrogens with zero attached hydrogens (tertiary/aromatic N) is 3. The Balaban J connectivity index is 2.05. The largest absolute Gasteiger partial charge is 0.369 e. The summed E-state index contributed by atoms with van der Waals surface area (Å²) in [6.07, 6.45) is 0. The number of hydrogen-bond acceptors (Lipinski definition) is 4. The fourth-order valence-corrected chi connectivity index (χ4v) is 3.36. The Morgan fingerprint density at radius 2 is 1.84 bits per heavy atom. The van der Waals surface area contributed by atoms with E-state index in [0.717, 1.165) is 11.1 Å². The molecule has 0 aliphatic carbocycles. The molecule has 7 heteroatoms. The highest BCUT2D eigenvalue weighted by atomic mass is 35.5. The van der Waals surface area contributed by atoms with Gasteiger partial charge in [-0.15, -0.1) is 10.2 Å². The first kappa shape index (κ1) is 17.5. The van der Waals surface area contributed by atoms with Crippen molar-refractivity contribution in [2.75, 3.05) is 0 Å². The Morgan fingerprint density at radius 3 is 2.52 bits per heavy atom. The lowest BCUT2D eigenvalue weighted by Crippen LogP contribution is -2.23. The summed E-state index contributed by atoms with van der Waals surface area (Å²) in [4.78, 5) is 11.4. The van der Waals surface area contributed by atoms with Crippen molar-refractivity contribution in [1.82, 2.24) is 14.8 Å². The number of nitrogens with two attached hydrogens (primary N) is 1. The number of hydrogen-bond donors (Lipinski definition) is 1. The predicted octanol–water partition coefficient (Wildman–Crippen LogP) is 3.61. The van der Waals surface area contributed by atoms with Gasteiger partial charge in [-0.3, -0.25) is 9.36 Å². The second-order valence-corrected chi connectivity index (χ2v) is 7.24. The molecule has 1 unspecified atom stereocenters. The van der Waals surface area contributed by atoms with E-state index in [1.54, 1.807) is 6.92 Å². The molecule has 2 N–H and O–H groups in total. The quantitative estimate of drug-likeness (QED) is 0.671. The molecule has 128 valence electrons. The number of benzene rings is 2. The number of thioether (sulfide) groups is 1. The first-order valence-electron chi connectivity index (χ1n) is 7.74. The molecule has 0 fully saturated rings. The summed E-state index contributed by atoms with van der Waals surface area (Å²) in [6, 6.07) is 17.5. The number of carbonyl (C=O) groups is 1. The Kier molecular flexibility index (Phi) is 5.40. The number of halogens is 1. The highest BCUT2D eigenvalue weighted by molar-refractivity contribution is 8.00. The molecule has 0 saturated heterocycles. The van der Waals surface area contributed by atoms with E-state index in [0.29, 0.717) is 22.5 Å². The van der Waals surface area contributed by atoms with Crippen LogP contribution in [0.25, 0.3) is 11.4 Å². The predicted molar refractivity (Wildman–Crippen MR) is 101 cm³/mol. The van der Waals surface area contributed by atoms with E-state index < -0.39 is 11.2 Å². The van der Waals surface area contributed by atoms with Crippen LogP contribution in [0.2, 0.25) is 5.02 Å². The van der Waals surface area contributed by atoms with Crippen molar-refractivity contribution in [3.8, 4) is 11.4 Å². The van der Waals surface area contributed by atoms with E-state index in [4.69, 9.17) is 17.3 Å². The second kappa shape index (κ2) is 7.72. The molecular weight excluding hydrogens is 356 g/mol. The minimum atomic E-state index is -0.405. The van der Waals surface area contributed by atoms with Gasteiger partial charge in [-0.2, -0.15) is 0 Å². The number of carbonyl (C=O) groups excluding carboxylic acids is 1. The molecule has 1 heterocycles. The van der Waals surface area contributed by atoms with Gasteiger partial charge < -0.3 is 5.73 Å². The Labute approximate surface area is 155 Å². The number of aromatic nitrogens is 3. The molecule has 0 saturated carbocycles. The van der Waals surface area contributed by atoms with Crippen LogP contribution in [0.15, 0.2) is 59.8 Å². The number of rotatable bonds is 6. The average molecular weight is 373 g/mol. The summed E-state index contributed by atoms with van der Waals surface area (Å²) in [5.74, 6) is 0.271. The van der Waals surface area contributed by atoms with E-state index in [-0.39, 0.29) is 0 Å². The molecule has 3 aromatic rings. The van der Waals surface area contributed by atoms with Crippen molar-refractivity contribution in [1.29, 1.82) is 0 Å². The van der Waals surface area contributed by atoms with Crippen molar-refractivity contribution in [2.24, 2.45) is 5.73 Å². The maximum Gasteiger partial charge on any atom is 0.230 e. The van der Waals surface area contributed by atoms with Crippen LogP contribution in [0.4, 0.5) is 0 Å². The molecule has 2 aromatic carbocycles. The highest BCUT2D eigenvalue weighted by Crippen LogP contribution is 2.31. The van der Waals surface area contributed by atoms with Crippen LogP contribution in [0.5, 0.6) is 0 Å². The minimum absolute atomic E-state index is 0.390. The van der Waals surface area contributed by atoms with Gasteiger partial charge >= 0.3 is 0 Å². The first-order chi connectivity index (χ1) is 12.1. The molecule has 0 aliphatic heterocycles. The lowest BCUT2D eigenvalue weighted by atomic mass is 10.2. The Morgan fingerprint density at radius 1 is 1.16 bits per heavy atom. The van der Waals surface area contributed by atoms with Gasteiger partial charge in [-0.25, -0.2) is 0 Å². The van der Waals surface area contributed by atoms with E-state index in [2.05, 4.69) is 10.2 Å². The third-order valence-electron chi connectivity index (χ3n) is 3.70. The van der Waals surface area contributed by atoms with E-state index in [1.165, 1.54) is 11.8 Å². The number of primary amides is 1. The van der Waals surface area contributed by atoms with Crippen LogP contribution >= 0.6 is 23.4 Å². The molecule has 0 aliphatic rings. The molecule has 0 spiro atoms. The fraction of sp³-hybridized carbons (Fsp3) is 0.167. The van der Waals surface area contributed by atoms with Gasteiger partial charge in [-0.1, -0.05) is 65.8 Å². The zero-order valence-corrected chi connectivity index (χ0v) is 15.2. The van der Waals surface area contributed by atoms with Crippen molar-refractivity contribution >= 4 is 29.3 Å². The topological polar surface area (TPSA) is 73.8 Å². The zero-order valence-electron chi connectivity index (χ0n) is 13.6. The molecule has 1 amide bonds. The lowest BCUT2D eigenvalue weighted by Gasteiger charge is -2.12. The summed E-state index contributed by atoms with van der Waals surface area (Å²) < 4.78 is 1.96. The van der Waals surface area contributed by atoms with Crippen molar-refractivity contribution in [3.05, 3.63) is 65.2 Å². The average Bonchev–Trinajstić information content (AvgIpc) is 2.98. The van der Waals surface area contributed by atoms with E-state index >= 15 is 0 Å². The van der Waals surface area contributed by atoms with Gasteiger partial charge in [0.25, 0.3) is 0 Å². The lowest BCUT2D eigenvalue weighted by molar-refractivity contribution is -0.117.